The minimum Gasteiger partial charge on any atom is -0.480 e. The van der Waals surface area contributed by atoms with Gasteiger partial charge in [0.15, 0.2) is 6.04 Å². The molecule has 0 aliphatic heterocycles. The van der Waals surface area contributed by atoms with Crippen molar-refractivity contribution in [1.29, 1.82) is 0 Å². The van der Waals surface area contributed by atoms with Crippen LogP contribution >= 0.6 is 11.3 Å². The second-order valence-electron chi connectivity index (χ2n) is 7.14. The van der Waals surface area contributed by atoms with Gasteiger partial charge in [-0.05, 0) is 26.3 Å². The number of hydrogen-bond donors (Lipinski definition) is 4. The normalized spacial score (nSPS) is 12.1. The molecule has 0 aliphatic rings. The van der Waals surface area contributed by atoms with Gasteiger partial charge in [-0.15, -0.1) is 11.3 Å². The lowest BCUT2D eigenvalue weighted by Crippen LogP contribution is -2.43. The number of thiazole rings is 1. The summed E-state index contributed by atoms with van der Waals surface area (Å²) in [5.74, 6) is -2.00. The van der Waals surface area contributed by atoms with E-state index in [2.05, 4.69) is 15.6 Å². The Hall–Kier alpha value is -2.98. The van der Waals surface area contributed by atoms with E-state index in [0.29, 0.717) is 11.6 Å². The Kier molecular flexibility index (Phi) is 7.29. The van der Waals surface area contributed by atoms with E-state index in [1.807, 2.05) is 12.1 Å². The second kappa shape index (κ2) is 9.48. The molecule has 1 atom stereocenters. The molecule has 156 valence electrons. The average Bonchev–Trinajstić information content (AvgIpc) is 3.13. The van der Waals surface area contributed by atoms with Crippen LogP contribution in [0.4, 0.5) is 4.79 Å². The topological polar surface area (TPSA) is 138 Å². The van der Waals surface area contributed by atoms with Crippen molar-refractivity contribution in [3.05, 3.63) is 40.9 Å². The third-order valence-corrected chi connectivity index (χ3v) is 4.45. The third kappa shape index (κ3) is 6.84. The highest BCUT2D eigenvalue weighted by Gasteiger charge is 2.21. The van der Waals surface area contributed by atoms with Gasteiger partial charge in [-0.1, -0.05) is 24.3 Å². The SMILES string of the molecule is CC(C)(C)OC(=O)NCc1ccc(-c2nc(C(=O)N[C@@H](CO)C(=O)O)cs2)cc1. The molecule has 0 fully saturated rings. The molecule has 0 saturated heterocycles. The lowest BCUT2D eigenvalue weighted by molar-refractivity contribution is -0.140. The minimum absolute atomic E-state index is 0.0698. The Bertz CT molecular complexity index is 873. The lowest BCUT2D eigenvalue weighted by atomic mass is 10.1. The number of ether oxygens (including phenoxy) is 1. The Morgan fingerprint density at radius 1 is 1.21 bits per heavy atom. The molecule has 4 N–H and O–H groups in total. The van der Waals surface area contributed by atoms with Gasteiger partial charge >= 0.3 is 12.1 Å². The fraction of sp³-hybridized carbons (Fsp3) is 0.368. The van der Waals surface area contributed by atoms with Crippen LogP contribution in [0.15, 0.2) is 29.6 Å². The number of benzene rings is 1. The summed E-state index contributed by atoms with van der Waals surface area (Å²) in [5.41, 5.74) is 1.14. The van der Waals surface area contributed by atoms with Crippen LogP contribution in [-0.4, -0.2) is 51.4 Å². The van der Waals surface area contributed by atoms with Gasteiger partial charge in [0.1, 0.15) is 16.3 Å². The molecule has 2 rings (SSSR count). The minimum atomic E-state index is -1.38. The number of hydrogen-bond acceptors (Lipinski definition) is 7. The standard InChI is InChI=1S/C19H23N3O6S/c1-19(2,3)28-18(27)20-8-11-4-6-12(7-5-11)16-22-14(10-29-16)15(24)21-13(9-23)17(25)26/h4-7,10,13,23H,8-9H2,1-3H3,(H,20,27)(H,21,24)(H,25,26)/t13-/m0/s1. The number of carboxylic acid groups (broad SMARTS) is 1. The number of carbonyl (C=O) groups is 3. The predicted molar refractivity (Wildman–Crippen MR) is 107 cm³/mol. The van der Waals surface area contributed by atoms with E-state index in [-0.39, 0.29) is 5.69 Å². The van der Waals surface area contributed by atoms with Crippen LogP contribution in [0.2, 0.25) is 0 Å². The van der Waals surface area contributed by atoms with E-state index >= 15 is 0 Å². The van der Waals surface area contributed by atoms with Gasteiger partial charge in [-0.3, -0.25) is 4.79 Å². The maximum Gasteiger partial charge on any atom is 0.407 e. The molecule has 1 aromatic carbocycles. The van der Waals surface area contributed by atoms with Crippen LogP contribution in [0, 0.1) is 0 Å². The molecule has 0 aliphatic carbocycles. The van der Waals surface area contributed by atoms with Crippen LogP contribution in [0.1, 0.15) is 36.8 Å². The average molecular weight is 421 g/mol. The Balaban J connectivity index is 1.98. The van der Waals surface area contributed by atoms with E-state index in [0.717, 1.165) is 11.1 Å². The summed E-state index contributed by atoms with van der Waals surface area (Å²) < 4.78 is 5.18. The first-order valence-electron chi connectivity index (χ1n) is 8.75. The molecule has 0 saturated carbocycles. The molecule has 9 nitrogen and oxygen atoms in total. The molecule has 10 heteroatoms. The van der Waals surface area contributed by atoms with Crippen molar-refractivity contribution in [1.82, 2.24) is 15.6 Å². The fourth-order valence-corrected chi connectivity index (χ4v) is 2.99. The summed E-state index contributed by atoms with van der Waals surface area (Å²) in [6.45, 7) is 4.95. The summed E-state index contributed by atoms with van der Waals surface area (Å²) >= 11 is 1.23. The van der Waals surface area contributed by atoms with E-state index in [9.17, 15) is 14.4 Å². The first-order chi connectivity index (χ1) is 13.6. The monoisotopic (exact) mass is 421 g/mol. The van der Waals surface area contributed by atoms with E-state index in [1.165, 1.54) is 16.7 Å². The van der Waals surface area contributed by atoms with Gasteiger partial charge in [0, 0.05) is 17.5 Å². The van der Waals surface area contributed by atoms with Crippen molar-refractivity contribution >= 4 is 29.3 Å². The highest BCUT2D eigenvalue weighted by atomic mass is 32.1. The quantitative estimate of drug-likeness (QED) is 0.536. The zero-order valence-corrected chi connectivity index (χ0v) is 17.1. The number of aliphatic hydroxyl groups is 1. The number of rotatable bonds is 7. The van der Waals surface area contributed by atoms with E-state index in [1.54, 1.807) is 32.9 Å². The largest absolute Gasteiger partial charge is 0.480 e. The molecule has 0 bridgehead atoms. The van der Waals surface area contributed by atoms with Crippen molar-refractivity contribution in [2.45, 2.75) is 39.0 Å². The summed E-state index contributed by atoms with van der Waals surface area (Å²) in [6, 6.07) is 5.87. The maximum absolute atomic E-state index is 12.1. The molecule has 1 aromatic heterocycles. The number of aromatic nitrogens is 1. The summed E-state index contributed by atoms with van der Waals surface area (Å²) in [4.78, 5) is 38.9. The second-order valence-corrected chi connectivity index (χ2v) is 8.00. The molecule has 0 spiro atoms. The van der Waals surface area contributed by atoms with Crippen LogP contribution in [0.25, 0.3) is 10.6 Å². The number of alkyl carbamates (subject to hydrolysis) is 1. The third-order valence-electron chi connectivity index (χ3n) is 3.56. The van der Waals surface area contributed by atoms with Gasteiger partial charge < -0.3 is 25.6 Å². The first kappa shape index (κ1) is 22.3. The van der Waals surface area contributed by atoms with Gasteiger partial charge in [-0.2, -0.15) is 0 Å². The smallest absolute Gasteiger partial charge is 0.407 e. The number of carboxylic acids is 1. The van der Waals surface area contributed by atoms with Crippen molar-refractivity contribution in [3.63, 3.8) is 0 Å². The number of nitrogens with one attached hydrogen (secondary N) is 2. The number of aliphatic carboxylic acids is 1. The van der Waals surface area contributed by atoms with E-state index in [4.69, 9.17) is 14.9 Å². The van der Waals surface area contributed by atoms with Crippen molar-refractivity contribution < 1.29 is 29.3 Å². The Morgan fingerprint density at radius 3 is 2.41 bits per heavy atom. The lowest BCUT2D eigenvalue weighted by Gasteiger charge is -2.19. The number of aliphatic hydroxyl groups excluding tert-OH is 1. The summed E-state index contributed by atoms with van der Waals surface area (Å²) in [7, 11) is 0. The molecule has 0 unspecified atom stereocenters. The number of amides is 2. The van der Waals surface area contributed by atoms with Gasteiger partial charge in [0.2, 0.25) is 0 Å². The predicted octanol–water partition coefficient (Wildman–Crippen LogP) is 2.01. The van der Waals surface area contributed by atoms with Crippen LogP contribution in [-0.2, 0) is 16.1 Å². The van der Waals surface area contributed by atoms with Crippen molar-refractivity contribution in [2.75, 3.05) is 6.61 Å². The van der Waals surface area contributed by atoms with Crippen molar-refractivity contribution in [3.8, 4) is 10.6 Å². The first-order valence-corrected chi connectivity index (χ1v) is 9.63. The molecular formula is C19H23N3O6S. The highest BCUT2D eigenvalue weighted by molar-refractivity contribution is 7.13. The Morgan fingerprint density at radius 2 is 1.86 bits per heavy atom. The molecule has 29 heavy (non-hydrogen) atoms. The van der Waals surface area contributed by atoms with E-state index < -0.39 is 36.2 Å². The highest BCUT2D eigenvalue weighted by Crippen LogP contribution is 2.24. The number of nitrogens with zero attached hydrogens (tertiary/aromatic N) is 1. The molecule has 1 heterocycles. The zero-order chi connectivity index (χ0) is 21.6. The summed E-state index contributed by atoms with van der Waals surface area (Å²) in [5, 5.41) is 24.8. The summed E-state index contributed by atoms with van der Waals surface area (Å²) in [6.07, 6.45) is -0.500. The molecular weight excluding hydrogens is 398 g/mol. The van der Waals surface area contributed by atoms with Crippen LogP contribution < -0.4 is 10.6 Å². The Labute approximate surface area is 171 Å². The fourth-order valence-electron chi connectivity index (χ4n) is 2.18. The van der Waals surface area contributed by atoms with Gasteiger partial charge in [0.25, 0.3) is 5.91 Å². The molecule has 0 radical (unpaired) electrons. The van der Waals surface area contributed by atoms with Crippen LogP contribution in [0.5, 0.6) is 0 Å². The zero-order valence-electron chi connectivity index (χ0n) is 16.3. The van der Waals surface area contributed by atoms with Gasteiger partial charge in [-0.25, -0.2) is 14.6 Å². The van der Waals surface area contributed by atoms with Crippen LogP contribution in [0.3, 0.4) is 0 Å². The maximum atomic E-state index is 12.1. The van der Waals surface area contributed by atoms with Gasteiger partial charge in [0.05, 0.1) is 6.61 Å². The molecule has 2 aromatic rings. The van der Waals surface area contributed by atoms with Crippen molar-refractivity contribution in [2.24, 2.45) is 0 Å². The number of carbonyl (C=O) groups excluding carboxylic acids is 2. The molecule has 2 amide bonds.